The molecule has 0 atom stereocenters. The minimum Gasteiger partial charge on any atom is -0.260 e. The zero-order valence-electron chi connectivity index (χ0n) is 8.64. The van der Waals surface area contributed by atoms with Crippen LogP contribution in [0, 0.1) is 0 Å². The third-order valence-corrected chi connectivity index (χ3v) is 2.32. The van der Waals surface area contributed by atoms with Gasteiger partial charge in [0.25, 0.3) is 0 Å². The van der Waals surface area contributed by atoms with E-state index in [1.165, 1.54) is 7.05 Å². The SMILES string of the molecule is C=N\C(Cl)=C(F)/C(=N/C(Cl)=NC)C(/C)=C/Cl. The van der Waals surface area contributed by atoms with Gasteiger partial charge in [0.05, 0.1) is 0 Å². The standard InChI is InChI=1S/C9H9Cl3FN3/c1-5(4-10)7(16-9(12)15-3)6(13)8(11)14-2/h4H,2H2,1,3H3/b5-4+,8-6+,15-9?,16-7+. The number of nitrogens with zero attached hydrogens (tertiary/aromatic N) is 3. The lowest BCUT2D eigenvalue weighted by Gasteiger charge is -2.03. The van der Waals surface area contributed by atoms with Gasteiger partial charge in [0.15, 0.2) is 11.0 Å². The molecule has 0 rings (SSSR count). The van der Waals surface area contributed by atoms with Crippen LogP contribution in [0.4, 0.5) is 4.39 Å². The second-order valence-electron chi connectivity index (χ2n) is 2.51. The fourth-order valence-corrected chi connectivity index (χ4v) is 0.949. The number of amidine groups is 1. The summed E-state index contributed by atoms with van der Waals surface area (Å²) in [7, 11) is 1.41. The van der Waals surface area contributed by atoms with Gasteiger partial charge >= 0.3 is 0 Å². The molecule has 0 unspecified atom stereocenters. The minimum atomic E-state index is -0.868. The molecular weight excluding hydrogens is 275 g/mol. The maximum absolute atomic E-state index is 13.7. The normalized spacial score (nSPS) is 16.0. The average Bonchev–Trinajstić information content (AvgIpc) is 2.32. The summed E-state index contributed by atoms with van der Waals surface area (Å²) in [5.41, 5.74) is 1.34. The Hall–Kier alpha value is -0.710. The summed E-state index contributed by atoms with van der Waals surface area (Å²) >= 11 is 16.5. The molecule has 0 aromatic heterocycles. The van der Waals surface area contributed by atoms with E-state index in [1.54, 1.807) is 6.92 Å². The van der Waals surface area contributed by atoms with E-state index in [0.29, 0.717) is 5.57 Å². The van der Waals surface area contributed by atoms with Gasteiger partial charge in [-0.05, 0) is 30.8 Å². The molecule has 0 radical (unpaired) electrons. The lowest BCUT2D eigenvalue weighted by atomic mass is 10.2. The Balaban J connectivity index is 5.63. The molecule has 0 aliphatic carbocycles. The summed E-state index contributed by atoms with van der Waals surface area (Å²) in [5, 5.41) is -0.547. The topological polar surface area (TPSA) is 37.1 Å². The van der Waals surface area contributed by atoms with Crippen LogP contribution in [0.25, 0.3) is 0 Å². The minimum absolute atomic E-state index is 0.128. The number of hydrogen-bond donors (Lipinski definition) is 0. The highest BCUT2D eigenvalue weighted by atomic mass is 35.5. The molecule has 0 saturated carbocycles. The number of hydrogen-bond acceptors (Lipinski definition) is 2. The van der Waals surface area contributed by atoms with E-state index in [2.05, 4.69) is 21.7 Å². The van der Waals surface area contributed by atoms with Crippen molar-refractivity contribution in [1.82, 2.24) is 0 Å². The molecule has 0 fully saturated rings. The zero-order valence-corrected chi connectivity index (χ0v) is 10.9. The quantitative estimate of drug-likeness (QED) is 0.428. The van der Waals surface area contributed by atoms with Gasteiger partial charge in [-0.15, -0.1) is 0 Å². The van der Waals surface area contributed by atoms with Gasteiger partial charge in [0, 0.05) is 12.6 Å². The van der Waals surface area contributed by atoms with Crippen molar-refractivity contribution >= 4 is 52.5 Å². The van der Waals surface area contributed by atoms with Crippen LogP contribution in [0.15, 0.2) is 37.1 Å². The molecule has 0 heterocycles. The van der Waals surface area contributed by atoms with E-state index >= 15 is 0 Å². The van der Waals surface area contributed by atoms with Crippen molar-refractivity contribution in [2.24, 2.45) is 15.0 Å². The molecule has 7 heteroatoms. The number of allylic oxidation sites excluding steroid dienone is 2. The van der Waals surface area contributed by atoms with Gasteiger partial charge in [-0.25, -0.2) is 14.4 Å². The molecule has 0 N–H and O–H groups in total. The van der Waals surface area contributed by atoms with Crippen molar-refractivity contribution in [3.05, 3.63) is 22.1 Å². The molecule has 0 aromatic carbocycles. The van der Waals surface area contributed by atoms with Crippen LogP contribution in [-0.4, -0.2) is 24.8 Å². The van der Waals surface area contributed by atoms with Crippen LogP contribution in [0.5, 0.6) is 0 Å². The largest absolute Gasteiger partial charge is 0.260 e. The van der Waals surface area contributed by atoms with Crippen LogP contribution in [0.3, 0.4) is 0 Å². The molecular formula is C9H9Cl3FN3. The Morgan fingerprint density at radius 3 is 2.31 bits per heavy atom. The molecule has 0 spiro atoms. The summed E-state index contributed by atoms with van der Waals surface area (Å²) in [5.74, 6) is -0.868. The average molecular weight is 285 g/mol. The molecule has 0 aliphatic heterocycles. The van der Waals surface area contributed by atoms with Gasteiger partial charge in [-0.2, -0.15) is 0 Å². The predicted molar refractivity (Wildman–Crippen MR) is 69.8 cm³/mol. The molecule has 0 aliphatic rings. The van der Waals surface area contributed by atoms with E-state index in [4.69, 9.17) is 34.8 Å². The Morgan fingerprint density at radius 1 is 1.38 bits per heavy atom. The first-order valence-electron chi connectivity index (χ1n) is 3.98. The molecule has 88 valence electrons. The summed E-state index contributed by atoms with van der Waals surface area (Å²) in [6, 6.07) is 0. The lowest BCUT2D eigenvalue weighted by Crippen LogP contribution is -2.04. The first kappa shape index (κ1) is 15.3. The summed E-state index contributed by atoms with van der Waals surface area (Å²) in [6.45, 7) is 4.64. The van der Waals surface area contributed by atoms with Crippen LogP contribution in [0.1, 0.15) is 6.92 Å². The van der Waals surface area contributed by atoms with Gasteiger partial charge in [0.2, 0.25) is 5.29 Å². The molecule has 0 bridgehead atoms. The molecule has 0 aromatic rings. The summed E-state index contributed by atoms with van der Waals surface area (Å²) < 4.78 is 13.7. The Labute approximate surface area is 108 Å². The molecule has 3 nitrogen and oxygen atoms in total. The smallest absolute Gasteiger partial charge is 0.218 e. The predicted octanol–water partition coefficient (Wildman–Crippen LogP) is 3.87. The van der Waals surface area contributed by atoms with Crippen LogP contribution < -0.4 is 0 Å². The second-order valence-corrected chi connectivity index (χ2v) is 3.42. The molecule has 0 saturated heterocycles. The number of aliphatic imine (C=N–C) groups is 3. The van der Waals surface area contributed by atoms with Crippen molar-refractivity contribution in [3.8, 4) is 0 Å². The second kappa shape index (κ2) is 7.54. The highest BCUT2D eigenvalue weighted by Gasteiger charge is 2.14. The Bertz CT molecular complexity index is 397. The van der Waals surface area contributed by atoms with Gasteiger partial charge in [-0.1, -0.05) is 23.2 Å². The van der Waals surface area contributed by atoms with E-state index in [1.807, 2.05) is 0 Å². The third-order valence-electron chi connectivity index (χ3n) is 1.45. The highest BCUT2D eigenvalue weighted by molar-refractivity contribution is 6.66. The van der Waals surface area contributed by atoms with Crippen molar-refractivity contribution < 1.29 is 4.39 Å². The van der Waals surface area contributed by atoms with E-state index in [9.17, 15) is 4.39 Å². The van der Waals surface area contributed by atoms with Crippen molar-refractivity contribution in [1.29, 1.82) is 0 Å². The fraction of sp³-hybridized carbons (Fsp3) is 0.222. The Morgan fingerprint density at radius 2 is 1.94 bits per heavy atom. The fourth-order valence-electron chi connectivity index (χ4n) is 0.671. The van der Waals surface area contributed by atoms with E-state index in [-0.39, 0.29) is 11.0 Å². The molecule has 16 heavy (non-hydrogen) atoms. The number of halogens is 4. The summed E-state index contributed by atoms with van der Waals surface area (Å²) in [4.78, 5) is 10.5. The van der Waals surface area contributed by atoms with Crippen LogP contribution in [-0.2, 0) is 0 Å². The lowest BCUT2D eigenvalue weighted by molar-refractivity contribution is 0.675. The highest BCUT2D eigenvalue weighted by Crippen LogP contribution is 2.19. The monoisotopic (exact) mass is 283 g/mol. The first-order chi connectivity index (χ1) is 7.47. The third kappa shape index (κ3) is 4.43. The molecule has 0 amide bonds. The van der Waals surface area contributed by atoms with Crippen molar-refractivity contribution in [2.75, 3.05) is 7.05 Å². The zero-order chi connectivity index (χ0) is 12.7. The Kier molecular flexibility index (Phi) is 7.21. The van der Waals surface area contributed by atoms with Gasteiger partial charge in [0.1, 0.15) is 5.71 Å². The summed E-state index contributed by atoms with van der Waals surface area (Å²) in [6.07, 6.45) is 0. The van der Waals surface area contributed by atoms with Crippen LogP contribution >= 0.6 is 34.8 Å². The maximum Gasteiger partial charge on any atom is 0.218 e. The van der Waals surface area contributed by atoms with E-state index in [0.717, 1.165) is 5.54 Å². The van der Waals surface area contributed by atoms with Crippen molar-refractivity contribution in [2.45, 2.75) is 6.92 Å². The van der Waals surface area contributed by atoms with Gasteiger partial charge < -0.3 is 0 Å². The first-order valence-corrected chi connectivity index (χ1v) is 5.17. The van der Waals surface area contributed by atoms with Crippen LogP contribution in [0.2, 0.25) is 0 Å². The number of rotatable bonds is 3. The maximum atomic E-state index is 13.7. The van der Waals surface area contributed by atoms with E-state index < -0.39 is 11.0 Å². The van der Waals surface area contributed by atoms with Crippen molar-refractivity contribution in [3.63, 3.8) is 0 Å². The van der Waals surface area contributed by atoms with Gasteiger partial charge in [-0.3, -0.25) is 4.99 Å².